The van der Waals surface area contributed by atoms with Gasteiger partial charge in [0.1, 0.15) is 6.42 Å². The molecule has 6 heavy (non-hydrogen) atoms. The first-order valence-electron chi connectivity index (χ1n) is 1.01. The lowest BCUT2D eigenvalue weighted by molar-refractivity contribution is 2.09. The van der Waals surface area contributed by atoms with Crippen molar-refractivity contribution < 1.29 is 0 Å². The Morgan fingerprint density at radius 3 is 2.00 bits per heavy atom. The average molecular weight is 184 g/mol. The number of hydrogen-bond donors (Lipinski definition) is 0. The van der Waals surface area contributed by atoms with Gasteiger partial charge in [-0.15, -0.1) is 0 Å². The molecule has 0 radical (unpaired) electrons. The van der Waals surface area contributed by atoms with E-state index in [9.17, 15) is 0 Å². The van der Waals surface area contributed by atoms with E-state index < -0.39 is 6.42 Å². The van der Waals surface area contributed by atoms with E-state index in [1.165, 1.54) is 0 Å². The third kappa shape index (κ3) is 5.53. The molecule has 1 atom stereocenters. The molecular weight excluding hydrogens is 182 g/mol. The summed E-state index contributed by atoms with van der Waals surface area (Å²) in [5.41, 5.74) is 0. The minimum atomic E-state index is -1.44. The van der Waals surface area contributed by atoms with Crippen LogP contribution in [-0.2, 0) is 0 Å². The summed E-state index contributed by atoms with van der Waals surface area (Å²) in [5, 5.41) is 0. The highest BCUT2D eigenvalue weighted by atomic mass is 35.9. The van der Waals surface area contributed by atoms with Gasteiger partial charge in [-0.3, -0.25) is 0 Å². The van der Waals surface area contributed by atoms with Crippen LogP contribution in [-0.4, -0.2) is 0 Å². The molecule has 1 unspecified atom stereocenters. The molecule has 0 N–H and O–H groups in total. The van der Waals surface area contributed by atoms with Crippen molar-refractivity contribution in [1.29, 1.82) is 0 Å². The monoisotopic (exact) mass is 183 g/mol. The molecule has 0 aliphatic carbocycles. The van der Waals surface area contributed by atoms with Crippen LogP contribution in [0.25, 0.3) is 0 Å². The van der Waals surface area contributed by atoms with Crippen LogP contribution < -0.4 is 0 Å². The normalized spacial score (nSPS) is 11.3. The van der Waals surface area contributed by atoms with Crippen LogP contribution in [0, 0.1) is 0 Å². The van der Waals surface area contributed by atoms with Gasteiger partial charge in [0.05, 0.1) is 8.08 Å². The van der Waals surface area contributed by atoms with Crippen LogP contribution in [0.5, 0.6) is 0 Å². The zero-order chi connectivity index (χ0) is 4.99. The van der Waals surface area contributed by atoms with E-state index >= 15 is 0 Å². The molecule has 0 aliphatic rings. The van der Waals surface area contributed by atoms with Gasteiger partial charge in [0.25, 0.3) is 0 Å². The lowest BCUT2D eigenvalue weighted by Crippen LogP contribution is -1.11. The number of halogens is 3. The summed E-state index contributed by atoms with van der Waals surface area (Å²) in [6, 6.07) is 0. The van der Waals surface area contributed by atoms with E-state index in [2.05, 4.69) is 4.52 Å². The van der Waals surface area contributed by atoms with E-state index in [0.29, 0.717) is 0 Å². The largest absolute Gasteiger partial charge is 0.239 e. The van der Waals surface area contributed by atoms with Crippen LogP contribution in [0.2, 0.25) is 0 Å². The predicted molar refractivity (Wildman–Crippen MR) is 36.6 cm³/mol. The van der Waals surface area contributed by atoms with Crippen molar-refractivity contribution >= 4 is 48.2 Å². The molecule has 0 rings (SSSR count). The van der Waals surface area contributed by atoms with Gasteiger partial charge < -0.3 is 0 Å². The topological polar surface area (TPSA) is 12.4 Å². The molecule has 0 fully saturated rings. The smallest absolute Gasteiger partial charge is 0.130 e. The van der Waals surface area contributed by atoms with Gasteiger partial charge in [0.15, 0.2) is 0 Å². The van der Waals surface area contributed by atoms with Crippen molar-refractivity contribution in [2.45, 2.75) is 0 Å². The van der Waals surface area contributed by atoms with Gasteiger partial charge in [0, 0.05) is 0 Å². The molecule has 6 heteroatoms. The second-order valence-electron chi connectivity index (χ2n) is 0.437. The van der Waals surface area contributed by atoms with Gasteiger partial charge in [0.2, 0.25) is 0 Å². The molecule has 0 amide bonds. The molecule has 0 saturated carbocycles. The SMILES string of the molecule is ClPN=[PH](Cl)Cl. The Hall–Kier alpha value is 1.53. The van der Waals surface area contributed by atoms with E-state index in [1.807, 2.05) is 0 Å². The summed E-state index contributed by atoms with van der Waals surface area (Å²) in [6.07, 6.45) is -1.44. The van der Waals surface area contributed by atoms with Crippen LogP contribution in [0.15, 0.2) is 4.52 Å². The van der Waals surface area contributed by atoms with Gasteiger partial charge in [-0.1, -0.05) is 33.7 Å². The van der Waals surface area contributed by atoms with E-state index in [-0.39, 0.29) is 8.08 Å². The van der Waals surface area contributed by atoms with Gasteiger partial charge in [-0.2, -0.15) is 0 Å². The second kappa shape index (κ2) is 4.68. The van der Waals surface area contributed by atoms with Crippen molar-refractivity contribution in [2.75, 3.05) is 0 Å². The maximum absolute atomic E-state index is 5.20. The first kappa shape index (κ1) is 7.53. The van der Waals surface area contributed by atoms with Crippen molar-refractivity contribution in [1.82, 2.24) is 0 Å². The van der Waals surface area contributed by atoms with Crippen LogP contribution in [0.1, 0.15) is 0 Å². The molecule has 38 valence electrons. The maximum atomic E-state index is 5.20. The van der Waals surface area contributed by atoms with E-state index in [0.717, 1.165) is 0 Å². The summed E-state index contributed by atoms with van der Waals surface area (Å²) >= 11 is 15.5. The molecular formula is H2Cl3NP2. The Morgan fingerprint density at radius 2 is 2.00 bits per heavy atom. The Kier molecular flexibility index (Phi) is 5.88. The maximum Gasteiger partial charge on any atom is 0.130 e. The standard InChI is InChI=1S/Cl3H2NP2/c1-5-4-6(2)3/h5-6H. The van der Waals surface area contributed by atoms with Gasteiger partial charge in [-0.05, 0) is 0 Å². The van der Waals surface area contributed by atoms with Gasteiger partial charge >= 0.3 is 0 Å². The Bertz CT molecular complexity index is 55.8. The summed E-state index contributed by atoms with van der Waals surface area (Å²) in [6.45, 7) is 0. The number of rotatable bonds is 1. The highest BCUT2D eigenvalue weighted by molar-refractivity contribution is 7.99. The summed E-state index contributed by atoms with van der Waals surface area (Å²) in [4.78, 5) is 0. The fourth-order valence-corrected chi connectivity index (χ4v) is 2.59. The first-order chi connectivity index (χ1) is 2.77. The zero-order valence-electron chi connectivity index (χ0n) is 2.58. The Balaban J connectivity index is 3.14. The fourth-order valence-electron chi connectivity index (χ4n) is 0.0319. The van der Waals surface area contributed by atoms with Crippen molar-refractivity contribution in [2.24, 2.45) is 4.52 Å². The highest BCUT2D eigenvalue weighted by Gasteiger charge is 1.73. The molecule has 0 spiro atoms. The van der Waals surface area contributed by atoms with Gasteiger partial charge in [-0.25, -0.2) is 4.52 Å². The fraction of sp³-hybridized carbons (Fsp3) is 0. The summed E-state index contributed by atoms with van der Waals surface area (Å²) in [5.74, 6) is 0. The quantitative estimate of drug-likeness (QED) is 0.554. The van der Waals surface area contributed by atoms with Crippen LogP contribution in [0.3, 0.4) is 0 Å². The Labute approximate surface area is 53.0 Å². The Morgan fingerprint density at radius 1 is 1.50 bits per heavy atom. The minimum Gasteiger partial charge on any atom is -0.239 e. The average Bonchev–Trinajstić information content (AvgIpc) is 1.35. The molecule has 0 aromatic heterocycles. The lowest BCUT2D eigenvalue weighted by atomic mass is 13.9. The number of nitrogens with zero attached hydrogens (tertiary/aromatic N) is 1. The molecule has 0 heterocycles. The molecule has 0 aliphatic heterocycles. The third-order valence-corrected chi connectivity index (χ3v) is 3.42. The van der Waals surface area contributed by atoms with Crippen LogP contribution in [0.4, 0.5) is 0 Å². The van der Waals surface area contributed by atoms with Crippen molar-refractivity contribution in [3.8, 4) is 0 Å². The molecule has 1 nitrogen and oxygen atoms in total. The second-order valence-corrected chi connectivity index (χ2v) is 5.22. The highest BCUT2D eigenvalue weighted by Crippen LogP contribution is 2.43. The van der Waals surface area contributed by atoms with Crippen LogP contribution >= 0.6 is 48.2 Å². The third-order valence-electron chi connectivity index (χ3n) is 0.127. The minimum absolute atomic E-state index is 0.0167. The molecule has 0 aromatic rings. The first-order valence-corrected chi connectivity index (χ1v) is 6.44. The molecule has 0 bridgehead atoms. The van der Waals surface area contributed by atoms with Crippen molar-refractivity contribution in [3.63, 3.8) is 0 Å². The summed E-state index contributed by atoms with van der Waals surface area (Å²) in [7, 11) is 0.0167. The zero-order valence-corrected chi connectivity index (χ0v) is 6.85. The molecule has 0 aromatic carbocycles. The predicted octanol–water partition coefficient (Wildman–Crippen LogP) is 3.44. The van der Waals surface area contributed by atoms with E-state index in [1.54, 1.807) is 0 Å². The lowest BCUT2D eigenvalue weighted by Gasteiger charge is -1.75. The summed E-state index contributed by atoms with van der Waals surface area (Å²) < 4.78 is 3.55. The molecule has 0 saturated heterocycles. The van der Waals surface area contributed by atoms with E-state index in [4.69, 9.17) is 33.7 Å². The number of hydrogen-bond acceptors (Lipinski definition) is 1. The van der Waals surface area contributed by atoms with Crippen molar-refractivity contribution in [3.05, 3.63) is 0 Å².